The highest BCUT2D eigenvalue weighted by Crippen LogP contribution is 2.53. The summed E-state index contributed by atoms with van der Waals surface area (Å²) in [7, 11) is -1.52. The van der Waals surface area contributed by atoms with E-state index in [-0.39, 0.29) is 7.74 Å². The Morgan fingerprint density at radius 1 is 1.00 bits per heavy atom. The molecule has 5 heteroatoms. The van der Waals surface area contributed by atoms with Gasteiger partial charge in [-0.15, -0.1) is 0 Å². The molecular formula is C10H19Br3OSi. The highest BCUT2D eigenvalue weighted by atomic mass is 80.0. The van der Waals surface area contributed by atoms with Crippen LogP contribution in [0.2, 0.25) is 19.6 Å². The first-order valence-corrected chi connectivity index (χ1v) is 11.2. The molecule has 0 aromatic heterocycles. The van der Waals surface area contributed by atoms with Crippen molar-refractivity contribution in [1.82, 2.24) is 0 Å². The summed E-state index contributed by atoms with van der Waals surface area (Å²) in [5.74, 6) is 0. The van der Waals surface area contributed by atoms with E-state index < -0.39 is 8.32 Å². The molecule has 0 heterocycles. The fourth-order valence-corrected chi connectivity index (χ4v) is 5.56. The minimum Gasteiger partial charge on any atom is -0.409 e. The van der Waals surface area contributed by atoms with E-state index in [0.717, 1.165) is 12.8 Å². The Balaban J connectivity index is 2.86. The van der Waals surface area contributed by atoms with E-state index >= 15 is 0 Å². The molecule has 1 aliphatic carbocycles. The molecule has 1 fully saturated rings. The van der Waals surface area contributed by atoms with Crippen molar-refractivity contribution in [2.24, 2.45) is 0 Å². The molecule has 15 heavy (non-hydrogen) atoms. The molecule has 1 rings (SSSR count). The molecule has 0 atom stereocenters. The summed E-state index contributed by atoms with van der Waals surface area (Å²) >= 11 is 11.0. The van der Waals surface area contributed by atoms with Crippen molar-refractivity contribution < 1.29 is 4.43 Å². The van der Waals surface area contributed by atoms with Gasteiger partial charge in [-0.2, -0.15) is 0 Å². The first-order valence-electron chi connectivity index (χ1n) is 5.43. The van der Waals surface area contributed by atoms with Gasteiger partial charge in [0.15, 0.2) is 10.5 Å². The summed E-state index contributed by atoms with van der Waals surface area (Å²) in [4.78, 5) is 0. The maximum Gasteiger partial charge on any atom is 0.184 e. The smallest absolute Gasteiger partial charge is 0.184 e. The van der Waals surface area contributed by atoms with Crippen LogP contribution in [0.4, 0.5) is 0 Å². The number of alkyl halides is 3. The second-order valence-corrected chi connectivity index (χ2v) is 16.5. The monoisotopic (exact) mass is 420 g/mol. The first-order chi connectivity index (χ1) is 6.66. The molecule has 0 aromatic rings. The van der Waals surface area contributed by atoms with Gasteiger partial charge in [0.25, 0.3) is 0 Å². The molecule has 0 unspecified atom stereocenters. The lowest BCUT2D eigenvalue weighted by atomic mass is 9.86. The summed E-state index contributed by atoms with van der Waals surface area (Å²) in [6.45, 7) is 6.76. The molecule has 0 radical (unpaired) electrons. The van der Waals surface area contributed by atoms with E-state index in [1.165, 1.54) is 19.3 Å². The Kier molecular flexibility index (Phi) is 4.98. The topological polar surface area (TPSA) is 9.23 Å². The van der Waals surface area contributed by atoms with Crippen LogP contribution in [0.5, 0.6) is 0 Å². The zero-order valence-electron chi connectivity index (χ0n) is 9.58. The molecule has 1 saturated carbocycles. The summed E-state index contributed by atoms with van der Waals surface area (Å²) in [5, 5.41) is 0. The van der Waals surface area contributed by atoms with Crippen molar-refractivity contribution >= 4 is 56.1 Å². The van der Waals surface area contributed by atoms with Crippen molar-refractivity contribution in [2.45, 2.75) is 59.5 Å². The molecule has 90 valence electrons. The average molecular weight is 423 g/mol. The summed E-state index contributed by atoms with van der Waals surface area (Å²) < 4.78 is 6.15. The van der Waals surface area contributed by atoms with Crippen molar-refractivity contribution in [3.8, 4) is 0 Å². The lowest BCUT2D eigenvalue weighted by Crippen LogP contribution is -2.52. The van der Waals surface area contributed by atoms with Gasteiger partial charge in [0.2, 0.25) is 0 Å². The molecule has 0 spiro atoms. The maximum absolute atomic E-state index is 6.43. The van der Waals surface area contributed by atoms with E-state index in [1.54, 1.807) is 0 Å². The highest BCUT2D eigenvalue weighted by molar-refractivity contribution is 9.39. The number of rotatable bonds is 2. The quantitative estimate of drug-likeness (QED) is 0.428. The van der Waals surface area contributed by atoms with Crippen LogP contribution < -0.4 is 0 Å². The molecule has 1 nitrogen and oxygen atoms in total. The molecule has 0 aliphatic heterocycles. The Morgan fingerprint density at radius 2 is 1.47 bits per heavy atom. The van der Waals surface area contributed by atoms with Crippen LogP contribution >= 0.6 is 47.8 Å². The van der Waals surface area contributed by atoms with Gasteiger partial charge in [-0.3, -0.25) is 0 Å². The molecule has 0 N–H and O–H groups in total. The Bertz CT molecular complexity index is 214. The zero-order valence-corrected chi connectivity index (χ0v) is 15.3. The lowest BCUT2D eigenvalue weighted by Gasteiger charge is -2.47. The second kappa shape index (κ2) is 5.08. The SMILES string of the molecule is C[Si](C)(C)OC1(C(Br)(Br)Br)CCCCC1. The van der Waals surface area contributed by atoms with Crippen molar-refractivity contribution in [2.75, 3.05) is 0 Å². The van der Waals surface area contributed by atoms with Gasteiger partial charge in [-0.1, -0.05) is 67.1 Å². The van der Waals surface area contributed by atoms with Crippen molar-refractivity contribution in [3.63, 3.8) is 0 Å². The third kappa shape index (κ3) is 4.09. The maximum atomic E-state index is 6.43. The highest BCUT2D eigenvalue weighted by Gasteiger charge is 2.50. The Labute approximate surface area is 119 Å². The Morgan fingerprint density at radius 3 is 1.80 bits per heavy atom. The fourth-order valence-electron chi connectivity index (χ4n) is 2.15. The first kappa shape index (κ1) is 14.7. The van der Waals surface area contributed by atoms with E-state index in [0.29, 0.717) is 0 Å². The molecule has 1 aliphatic rings. The standard InChI is InChI=1S/C10H19Br3OSi/c1-15(2,3)14-9(10(11,12)13)7-5-4-6-8-9/h4-8H2,1-3H3. The normalized spacial score (nSPS) is 22.8. The number of halogens is 3. The van der Waals surface area contributed by atoms with Crippen LogP contribution in [0.25, 0.3) is 0 Å². The van der Waals surface area contributed by atoms with Crippen LogP contribution in [-0.2, 0) is 4.43 Å². The predicted molar refractivity (Wildman–Crippen MR) is 79.8 cm³/mol. The third-order valence-corrected chi connectivity index (χ3v) is 5.85. The average Bonchev–Trinajstić information content (AvgIpc) is 2.00. The lowest BCUT2D eigenvalue weighted by molar-refractivity contribution is 0.0358. The predicted octanol–water partition coefficient (Wildman–Crippen LogP) is 5.38. The van der Waals surface area contributed by atoms with Gasteiger partial charge < -0.3 is 4.43 Å². The van der Waals surface area contributed by atoms with Crippen LogP contribution in [0, 0.1) is 0 Å². The van der Waals surface area contributed by atoms with E-state index in [9.17, 15) is 0 Å². The molecule has 0 aromatic carbocycles. The minimum absolute atomic E-state index is 0.0876. The zero-order chi connectivity index (χ0) is 11.7. The van der Waals surface area contributed by atoms with Gasteiger partial charge in [0.1, 0.15) is 0 Å². The van der Waals surface area contributed by atoms with Gasteiger partial charge in [0.05, 0.1) is 5.60 Å². The van der Waals surface area contributed by atoms with E-state index in [1.807, 2.05) is 0 Å². The Hall–Kier alpha value is 1.62. The number of hydrogen-bond acceptors (Lipinski definition) is 1. The van der Waals surface area contributed by atoms with Crippen LogP contribution in [0.15, 0.2) is 0 Å². The second-order valence-electron chi connectivity index (χ2n) is 5.27. The summed E-state index contributed by atoms with van der Waals surface area (Å²) in [6, 6.07) is 0. The van der Waals surface area contributed by atoms with Crippen LogP contribution in [-0.4, -0.2) is 16.1 Å². The van der Waals surface area contributed by atoms with Gasteiger partial charge in [-0.05, 0) is 32.5 Å². The fraction of sp³-hybridized carbons (Fsp3) is 1.00. The molecule has 0 saturated heterocycles. The van der Waals surface area contributed by atoms with Crippen LogP contribution in [0.1, 0.15) is 32.1 Å². The number of hydrogen-bond donors (Lipinski definition) is 0. The summed E-state index contributed by atoms with van der Waals surface area (Å²) in [6.07, 6.45) is 6.10. The van der Waals surface area contributed by atoms with Crippen LogP contribution in [0.3, 0.4) is 0 Å². The van der Waals surface area contributed by atoms with Gasteiger partial charge >= 0.3 is 0 Å². The van der Waals surface area contributed by atoms with Crippen molar-refractivity contribution in [1.29, 1.82) is 0 Å². The molecular weight excluding hydrogens is 404 g/mol. The van der Waals surface area contributed by atoms with E-state index in [2.05, 4.69) is 67.4 Å². The van der Waals surface area contributed by atoms with Crippen molar-refractivity contribution in [3.05, 3.63) is 0 Å². The third-order valence-electron chi connectivity index (χ3n) is 2.68. The summed E-state index contributed by atoms with van der Waals surface area (Å²) in [5.41, 5.74) is -0.0876. The van der Waals surface area contributed by atoms with Gasteiger partial charge in [-0.25, -0.2) is 0 Å². The van der Waals surface area contributed by atoms with E-state index in [4.69, 9.17) is 4.43 Å². The van der Waals surface area contributed by atoms with Gasteiger partial charge in [0, 0.05) is 0 Å². The largest absolute Gasteiger partial charge is 0.409 e. The molecule has 0 amide bonds. The molecule has 0 bridgehead atoms. The minimum atomic E-state index is -1.52.